The summed E-state index contributed by atoms with van der Waals surface area (Å²) in [6.07, 6.45) is 3.32. The maximum absolute atomic E-state index is 14.2. The van der Waals surface area contributed by atoms with Gasteiger partial charge in [0.25, 0.3) is 0 Å². The maximum Gasteiger partial charge on any atom is 0.150 e. The van der Waals surface area contributed by atoms with Crippen LogP contribution in [0.25, 0.3) is 0 Å². The van der Waals surface area contributed by atoms with E-state index in [-0.39, 0.29) is 29.7 Å². The first-order valence-corrected chi connectivity index (χ1v) is 6.75. The quantitative estimate of drug-likeness (QED) is 0.552. The molecule has 0 saturated heterocycles. The van der Waals surface area contributed by atoms with Gasteiger partial charge in [0.1, 0.15) is 23.2 Å². The molecule has 2 rings (SSSR count). The van der Waals surface area contributed by atoms with Crippen LogP contribution in [-0.4, -0.2) is 30.1 Å². The second kappa shape index (κ2) is 6.17. The van der Waals surface area contributed by atoms with Gasteiger partial charge in [-0.05, 0) is 37.8 Å². The molecule has 1 aromatic rings. The van der Waals surface area contributed by atoms with Crippen molar-refractivity contribution in [2.45, 2.75) is 31.7 Å². The Morgan fingerprint density at radius 2 is 1.95 bits per heavy atom. The van der Waals surface area contributed by atoms with Crippen LogP contribution < -0.4 is 10.6 Å². The molecule has 0 radical (unpaired) electrons. The van der Waals surface area contributed by atoms with E-state index in [4.69, 9.17) is 16.2 Å². The Hall–Kier alpha value is -1.69. The number of aliphatic hydroxyl groups is 1. The van der Waals surface area contributed by atoms with E-state index in [9.17, 15) is 8.78 Å². The number of halogens is 2. The van der Waals surface area contributed by atoms with Gasteiger partial charge in [0, 0.05) is 24.8 Å². The second-order valence-electron chi connectivity index (χ2n) is 5.06. The molecule has 1 fully saturated rings. The van der Waals surface area contributed by atoms with Crippen molar-refractivity contribution in [2.75, 3.05) is 18.1 Å². The third-order valence-electron chi connectivity index (χ3n) is 3.69. The maximum atomic E-state index is 14.2. The average molecular weight is 283 g/mol. The smallest absolute Gasteiger partial charge is 0.150 e. The Balaban J connectivity index is 2.34. The second-order valence-corrected chi connectivity index (χ2v) is 5.06. The van der Waals surface area contributed by atoms with Crippen molar-refractivity contribution in [1.82, 2.24) is 0 Å². The number of amidine groups is 1. The van der Waals surface area contributed by atoms with Crippen LogP contribution in [0.15, 0.2) is 12.1 Å². The minimum absolute atomic E-state index is 0.0159. The van der Waals surface area contributed by atoms with E-state index in [1.54, 1.807) is 4.90 Å². The molecule has 0 atom stereocenters. The Morgan fingerprint density at radius 3 is 2.35 bits per heavy atom. The Bertz CT molecular complexity index is 480. The van der Waals surface area contributed by atoms with Gasteiger partial charge < -0.3 is 15.7 Å². The molecule has 1 aliphatic rings. The number of nitrogen functional groups attached to an aromatic ring is 1. The molecule has 0 bridgehead atoms. The minimum Gasteiger partial charge on any atom is -0.396 e. The van der Waals surface area contributed by atoms with Gasteiger partial charge in [-0.15, -0.1) is 0 Å². The SMILES string of the molecule is N=C(N)c1cc(F)c(N(CCCO)C2CCC2)c(F)c1. The van der Waals surface area contributed by atoms with Crippen LogP contribution in [0.1, 0.15) is 31.2 Å². The highest BCUT2D eigenvalue weighted by molar-refractivity contribution is 5.95. The van der Waals surface area contributed by atoms with Gasteiger partial charge >= 0.3 is 0 Å². The molecule has 4 N–H and O–H groups in total. The summed E-state index contributed by atoms with van der Waals surface area (Å²) in [5.41, 5.74) is 5.22. The zero-order valence-corrected chi connectivity index (χ0v) is 11.2. The molecule has 20 heavy (non-hydrogen) atoms. The van der Waals surface area contributed by atoms with Gasteiger partial charge in [0.15, 0.2) is 0 Å². The summed E-state index contributed by atoms with van der Waals surface area (Å²) < 4.78 is 28.3. The highest BCUT2D eigenvalue weighted by Crippen LogP contribution is 2.33. The Kier molecular flexibility index (Phi) is 4.54. The number of nitrogens with two attached hydrogens (primary N) is 1. The summed E-state index contributed by atoms with van der Waals surface area (Å²) in [5, 5.41) is 16.2. The van der Waals surface area contributed by atoms with Crippen LogP contribution in [0.4, 0.5) is 14.5 Å². The lowest BCUT2D eigenvalue weighted by Crippen LogP contribution is -2.42. The normalized spacial score (nSPS) is 14.9. The molecule has 0 spiro atoms. The minimum atomic E-state index is -0.708. The van der Waals surface area contributed by atoms with Crippen LogP contribution >= 0.6 is 0 Å². The first kappa shape index (κ1) is 14.7. The van der Waals surface area contributed by atoms with Crippen LogP contribution in [0.5, 0.6) is 0 Å². The monoisotopic (exact) mass is 283 g/mol. The van der Waals surface area contributed by atoms with Gasteiger partial charge in [-0.2, -0.15) is 0 Å². The number of benzene rings is 1. The van der Waals surface area contributed by atoms with E-state index >= 15 is 0 Å². The molecule has 110 valence electrons. The third kappa shape index (κ3) is 2.90. The van der Waals surface area contributed by atoms with Gasteiger partial charge in [0.2, 0.25) is 0 Å². The van der Waals surface area contributed by atoms with Crippen molar-refractivity contribution in [2.24, 2.45) is 5.73 Å². The third-order valence-corrected chi connectivity index (χ3v) is 3.69. The summed E-state index contributed by atoms with van der Waals surface area (Å²) in [6, 6.07) is 2.30. The van der Waals surface area contributed by atoms with Crippen LogP contribution in [0.2, 0.25) is 0 Å². The van der Waals surface area contributed by atoms with Gasteiger partial charge in [-0.1, -0.05) is 0 Å². The summed E-state index contributed by atoms with van der Waals surface area (Å²) in [5.74, 6) is -1.78. The van der Waals surface area contributed by atoms with Crippen molar-refractivity contribution in [3.63, 3.8) is 0 Å². The van der Waals surface area contributed by atoms with Crippen molar-refractivity contribution in [1.29, 1.82) is 5.41 Å². The van der Waals surface area contributed by atoms with Crippen molar-refractivity contribution >= 4 is 11.5 Å². The lowest BCUT2D eigenvalue weighted by Gasteiger charge is -2.39. The zero-order valence-electron chi connectivity index (χ0n) is 11.2. The number of aliphatic hydroxyl groups excluding tert-OH is 1. The van der Waals surface area contributed by atoms with Gasteiger partial charge in [-0.25, -0.2) is 8.78 Å². The number of hydrogen-bond acceptors (Lipinski definition) is 3. The van der Waals surface area contributed by atoms with E-state index < -0.39 is 11.6 Å². The first-order valence-electron chi connectivity index (χ1n) is 6.75. The number of anilines is 1. The molecule has 1 saturated carbocycles. The highest BCUT2D eigenvalue weighted by Gasteiger charge is 2.29. The number of rotatable bonds is 6. The molecule has 0 aliphatic heterocycles. The molecule has 1 aliphatic carbocycles. The standard InChI is InChI=1S/C14H19F2N3O/c15-11-7-9(14(17)18)8-12(16)13(11)19(5-2-6-20)10-3-1-4-10/h7-8,10,20H,1-6H2,(H3,17,18). The molecule has 0 amide bonds. The van der Waals surface area contributed by atoms with Gasteiger partial charge in [0.05, 0.1) is 0 Å². The van der Waals surface area contributed by atoms with Gasteiger partial charge in [-0.3, -0.25) is 5.41 Å². The fourth-order valence-corrected chi connectivity index (χ4v) is 2.41. The number of hydrogen-bond donors (Lipinski definition) is 3. The topological polar surface area (TPSA) is 73.3 Å². The molecular weight excluding hydrogens is 264 g/mol. The summed E-state index contributed by atoms with van der Waals surface area (Å²) in [6.45, 7) is 0.395. The lowest BCUT2D eigenvalue weighted by molar-refractivity contribution is 0.282. The van der Waals surface area contributed by atoms with Crippen molar-refractivity contribution < 1.29 is 13.9 Å². The molecule has 4 nitrogen and oxygen atoms in total. The predicted molar refractivity (Wildman–Crippen MR) is 74.1 cm³/mol. The first-order chi connectivity index (χ1) is 9.54. The Morgan fingerprint density at radius 1 is 1.35 bits per heavy atom. The molecular formula is C14H19F2N3O. The van der Waals surface area contributed by atoms with E-state index in [0.717, 1.165) is 31.4 Å². The number of nitrogens with one attached hydrogen (secondary N) is 1. The average Bonchev–Trinajstić information content (AvgIpc) is 2.32. The van der Waals surface area contributed by atoms with E-state index in [1.807, 2.05) is 0 Å². The summed E-state index contributed by atoms with van der Waals surface area (Å²) in [4.78, 5) is 1.69. The van der Waals surface area contributed by atoms with Crippen LogP contribution in [-0.2, 0) is 0 Å². The zero-order chi connectivity index (χ0) is 14.7. The molecule has 6 heteroatoms. The largest absolute Gasteiger partial charge is 0.396 e. The van der Waals surface area contributed by atoms with Crippen molar-refractivity contribution in [3.05, 3.63) is 29.3 Å². The van der Waals surface area contributed by atoms with E-state index in [0.29, 0.717) is 13.0 Å². The Labute approximate surface area is 116 Å². The van der Waals surface area contributed by atoms with Crippen LogP contribution in [0.3, 0.4) is 0 Å². The molecule has 0 aromatic heterocycles. The number of nitrogens with zero attached hydrogens (tertiary/aromatic N) is 1. The molecule has 0 heterocycles. The van der Waals surface area contributed by atoms with Crippen LogP contribution in [0, 0.1) is 17.0 Å². The summed E-state index contributed by atoms with van der Waals surface area (Å²) in [7, 11) is 0. The lowest BCUT2D eigenvalue weighted by atomic mass is 9.90. The fraction of sp³-hybridized carbons (Fsp3) is 0.500. The molecule has 1 aromatic carbocycles. The highest BCUT2D eigenvalue weighted by atomic mass is 19.1. The fourth-order valence-electron chi connectivity index (χ4n) is 2.41. The summed E-state index contributed by atoms with van der Waals surface area (Å²) >= 11 is 0. The van der Waals surface area contributed by atoms with Crippen molar-refractivity contribution in [3.8, 4) is 0 Å². The van der Waals surface area contributed by atoms with E-state index in [2.05, 4.69) is 0 Å². The predicted octanol–water partition coefficient (Wildman–Crippen LogP) is 1.99. The molecule has 0 unspecified atom stereocenters. The van der Waals surface area contributed by atoms with E-state index in [1.165, 1.54) is 0 Å².